The van der Waals surface area contributed by atoms with Crippen LogP contribution in [0.1, 0.15) is 6.92 Å². The van der Waals surface area contributed by atoms with Gasteiger partial charge in [-0.05, 0) is 48.9 Å². The van der Waals surface area contributed by atoms with Crippen molar-refractivity contribution in [2.75, 3.05) is 6.61 Å². The molecule has 1 N–H and O–H groups in total. The first kappa shape index (κ1) is 12.5. The number of para-hydroxylation sites is 2. The number of nitrogens with zero attached hydrogens (tertiary/aromatic N) is 1. The largest absolute Gasteiger partial charge is 0.489 e. The van der Waals surface area contributed by atoms with Gasteiger partial charge in [-0.2, -0.15) is 0 Å². The van der Waals surface area contributed by atoms with Gasteiger partial charge in [-0.25, -0.2) is 4.98 Å². The number of imidazole rings is 1. The molecule has 1 aromatic heterocycles. The van der Waals surface area contributed by atoms with Crippen LogP contribution < -0.4 is 4.74 Å². The van der Waals surface area contributed by atoms with E-state index >= 15 is 0 Å². The highest BCUT2D eigenvalue weighted by molar-refractivity contribution is 5.79. The molecule has 3 rings (SSSR count). The SMILES string of the molecule is C=C(C)COc1ccc(-c2nc3ccccc3[nH]2)cc1. The number of benzene rings is 2. The molecule has 0 unspecified atom stereocenters. The minimum Gasteiger partial charge on any atom is -0.489 e. The van der Waals surface area contributed by atoms with E-state index < -0.39 is 0 Å². The average molecular weight is 264 g/mol. The van der Waals surface area contributed by atoms with Gasteiger partial charge < -0.3 is 9.72 Å². The van der Waals surface area contributed by atoms with Crippen LogP contribution in [0.15, 0.2) is 60.7 Å². The third-order valence-corrected chi connectivity index (χ3v) is 3.00. The smallest absolute Gasteiger partial charge is 0.138 e. The van der Waals surface area contributed by atoms with Crippen LogP contribution in [0.5, 0.6) is 5.75 Å². The van der Waals surface area contributed by atoms with Crippen LogP contribution >= 0.6 is 0 Å². The van der Waals surface area contributed by atoms with Crippen LogP contribution in [0.4, 0.5) is 0 Å². The molecule has 2 aromatic carbocycles. The number of rotatable bonds is 4. The number of fused-ring (bicyclic) bond motifs is 1. The van der Waals surface area contributed by atoms with Gasteiger partial charge in [-0.3, -0.25) is 0 Å². The van der Waals surface area contributed by atoms with Crippen molar-refractivity contribution in [1.29, 1.82) is 0 Å². The lowest BCUT2D eigenvalue weighted by atomic mass is 10.2. The van der Waals surface area contributed by atoms with Crippen LogP contribution in [-0.4, -0.2) is 16.6 Å². The monoisotopic (exact) mass is 264 g/mol. The zero-order chi connectivity index (χ0) is 13.9. The summed E-state index contributed by atoms with van der Waals surface area (Å²) in [4.78, 5) is 7.89. The molecule has 0 aliphatic carbocycles. The summed E-state index contributed by atoms with van der Waals surface area (Å²) in [7, 11) is 0. The third-order valence-electron chi connectivity index (χ3n) is 3.00. The second kappa shape index (κ2) is 5.21. The van der Waals surface area contributed by atoms with E-state index in [0.717, 1.165) is 33.7 Å². The van der Waals surface area contributed by atoms with Crippen molar-refractivity contribution in [3.63, 3.8) is 0 Å². The van der Waals surface area contributed by atoms with Gasteiger partial charge in [-0.1, -0.05) is 18.7 Å². The predicted molar refractivity (Wildman–Crippen MR) is 81.8 cm³/mol. The summed E-state index contributed by atoms with van der Waals surface area (Å²) in [6.07, 6.45) is 0. The molecule has 3 aromatic rings. The van der Waals surface area contributed by atoms with Crippen molar-refractivity contribution in [3.05, 3.63) is 60.7 Å². The van der Waals surface area contributed by atoms with Gasteiger partial charge in [-0.15, -0.1) is 0 Å². The number of H-pyrrole nitrogens is 1. The molecule has 0 saturated carbocycles. The van der Waals surface area contributed by atoms with Gasteiger partial charge >= 0.3 is 0 Å². The van der Waals surface area contributed by atoms with E-state index in [1.807, 2.05) is 55.5 Å². The Morgan fingerprint density at radius 2 is 1.90 bits per heavy atom. The Labute approximate surface area is 117 Å². The summed E-state index contributed by atoms with van der Waals surface area (Å²) in [5, 5.41) is 0. The fourth-order valence-corrected chi connectivity index (χ4v) is 2.01. The van der Waals surface area contributed by atoms with Crippen molar-refractivity contribution >= 4 is 11.0 Å². The summed E-state index contributed by atoms with van der Waals surface area (Å²) in [6.45, 7) is 6.31. The van der Waals surface area contributed by atoms with Crippen LogP contribution in [0.3, 0.4) is 0 Å². The molecule has 20 heavy (non-hydrogen) atoms. The summed E-state index contributed by atoms with van der Waals surface area (Å²) < 4.78 is 5.59. The fraction of sp³-hybridized carbons (Fsp3) is 0.118. The highest BCUT2D eigenvalue weighted by atomic mass is 16.5. The van der Waals surface area contributed by atoms with E-state index in [2.05, 4.69) is 16.5 Å². The molecule has 1 heterocycles. The predicted octanol–water partition coefficient (Wildman–Crippen LogP) is 4.18. The highest BCUT2D eigenvalue weighted by Crippen LogP contribution is 2.22. The zero-order valence-corrected chi connectivity index (χ0v) is 11.4. The van der Waals surface area contributed by atoms with E-state index in [1.165, 1.54) is 0 Å². The molecule has 0 spiro atoms. The van der Waals surface area contributed by atoms with E-state index in [0.29, 0.717) is 6.61 Å². The Balaban J connectivity index is 1.85. The van der Waals surface area contributed by atoms with Crippen molar-refractivity contribution in [1.82, 2.24) is 9.97 Å². The zero-order valence-electron chi connectivity index (χ0n) is 11.4. The second-order valence-corrected chi connectivity index (χ2v) is 4.87. The molecule has 0 aliphatic heterocycles. The Kier molecular flexibility index (Phi) is 3.25. The highest BCUT2D eigenvalue weighted by Gasteiger charge is 2.04. The van der Waals surface area contributed by atoms with E-state index in [-0.39, 0.29) is 0 Å². The second-order valence-electron chi connectivity index (χ2n) is 4.87. The minimum atomic E-state index is 0.546. The number of hydrogen-bond acceptors (Lipinski definition) is 2. The van der Waals surface area contributed by atoms with Gasteiger partial charge in [0.1, 0.15) is 18.2 Å². The van der Waals surface area contributed by atoms with Crippen molar-refractivity contribution in [3.8, 4) is 17.1 Å². The van der Waals surface area contributed by atoms with E-state index in [1.54, 1.807) is 0 Å². The normalized spacial score (nSPS) is 10.7. The van der Waals surface area contributed by atoms with Crippen molar-refractivity contribution in [2.45, 2.75) is 6.92 Å². The maximum Gasteiger partial charge on any atom is 0.138 e. The molecule has 100 valence electrons. The topological polar surface area (TPSA) is 37.9 Å². The fourth-order valence-electron chi connectivity index (χ4n) is 2.01. The summed E-state index contributed by atoms with van der Waals surface area (Å²) >= 11 is 0. The van der Waals surface area contributed by atoms with Crippen LogP contribution in [0, 0.1) is 0 Å². The molecule has 0 amide bonds. The van der Waals surface area contributed by atoms with Gasteiger partial charge in [0.15, 0.2) is 0 Å². The lowest BCUT2D eigenvalue weighted by molar-refractivity contribution is 0.353. The number of aromatic amines is 1. The summed E-state index contributed by atoms with van der Waals surface area (Å²) in [5.74, 6) is 1.71. The molecular formula is C17H16N2O. The lowest BCUT2D eigenvalue weighted by Crippen LogP contribution is -1.97. The van der Waals surface area contributed by atoms with Gasteiger partial charge in [0, 0.05) is 5.56 Å². The molecule has 0 radical (unpaired) electrons. The summed E-state index contributed by atoms with van der Waals surface area (Å²) in [6, 6.07) is 15.9. The molecule has 0 saturated heterocycles. The van der Waals surface area contributed by atoms with Crippen LogP contribution in [0.2, 0.25) is 0 Å². The number of aromatic nitrogens is 2. The van der Waals surface area contributed by atoms with Crippen LogP contribution in [0.25, 0.3) is 22.4 Å². The Hall–Kier alpha value is -2.55. The van der Waals surface area contributed by atoms with Crippen LogP contribution in [-0.2, 0) is 0 Å². The third kappa shape index (κ3) is 2.57. The maximum absolute atomic E-state index is 5.59. The Morgan fingerprint density at radius 3 is 2.60 bits per heavy atom. The molecule has 3 nitrogen and oxygen atoms in total. The number of hydrogen-bond donors (Lipinski definition) is 1. The van der Waals surface area contributed by atoms with Gasteiger partial charge in [0.05, 0.1) is 11.0 Å². The molecule has 0 bridgehead atoms. The van der Waals surface area contributed by atoms with E-state index in [4.69, 9.17) is 4.74 Å². The first-order valence-electron chi connectivity index (χ1n) is 6.55. The Bertz CT molecular complexity index is 708. The van der Waals surface area contributed by atoms with Crippen molar-refractivity contribution in [2.24, 2.45) is 0 Å². The van der Waals surface area contributed by atoms with Gasteiger partial charge in [0.2, 0.25) is 0 Å². The van der Waals surface area contributed by atoms with Gasteiger partial charge in [0.25, 0.3) is 0 Å². The Morgan fingerprint density at radius 1 is 1.15 bits per heavy atom. The minimum absolute atomic E-state index is 0.546. The lowest BCUT2D eigenvalue weighted by Gasteiger charge is -2.05. The molecular weight excluding hydrogens is 248 g/mol. The summed E-state index contributed by atoms with van der Waals surface area (Å²) in [5.41, 5.74) is 4.07. The van der Waals surface area contributed by atoms with E-state index in [9.17, 15) is 0 Å². The molecule has 0 atom stereocenters. The number of nitrogens with one attached hydrogen (secondary N) is 1. The maximum atomic E-state index is 5.59. The molecule has 3 heteroatoms. The quantitative estimate of drug-likeness (QED) is 0.718. The molecule has 0 fully saturated rings. The van der Waals surface area contributed by atoms with Crippen molar-refractivity contribution < 1.29 is 4.74 Å². The number of ether oxygens (including phenoxy) is 1. The first-order valence-corrected chi connectivity index (χ1v) is 6.55. The standard InChI is InChI=1S/C17H16N2O/c1-12(2)11-20-14-9-7-13(8-10-14)17-18-15-5-3-4-6-16(15)19-17/h3-10H,1,11H2,2H3,(H,18,19). The average Bonchev–Trinajstić information content (AvgIpc) is 2.89. The molecule has 0 aliphatic rings. The first-order chi connectivity index (χ1) is 9.72.